The second-order valence-corrected chi connectivity index (χ2v) is 6.04. The second kappa shape index (κ2) is 6.19. The summed E-state index contributed by atoms with van der Waals surface area (Å²) in [7, 11) is 0. The van der Waals surface area contributed by atoms with Gasteiger partial charge in [-0.2, -0.15) is 0 Å². The first-order chi connectivity index (χ1) is 10.3. The zero-order valence-corrected chi connectivity index (χ0v) is 13.0. The van der Waals surface area contributed by atoms with Gasteiger partial charge in [0.15, 0.2) is 0 Å². The third-order valence-corrected chi connectivity index (χ3v) is 2.80. The first-order valence-corrected chi connectivity index (χ1v) is 6.98. The lowest BCUT2D eigenvalue weighted by Crippen LogP contribution is -2.44. The second-order valence-electron chi connectivity index (χ2n) is 6.04. The van der Waals surface area contributed by atoms with Crippen LogP contribution >= 0.6 is 0 Å². The van der Waals surface area contributed by atoms with Gasteiger partial charge in [-0.15, -0.1) is 0 Å². The van der Waals surface area contributed by atoms with Crippen molar-refractivity contribution in [3.63, 3.8) is 0 Å². The highest BCUT2D eigenvalue weighted by Gasteiger charge is 2.35. The minimum atomic E-state index is -0.629. The molecular weight excluding hydrogens is 284 g/mol. The van der Waals surface area contributed by atoms with E-state index >= 15 is 0 Å². The number of hydrazine groups is 1. The van der Waals surface area contributed by atoms with Crippen LogP contribution in [-0.4, -0.2) is 40.9 Å². The molecule has 22 heavy (non-hydrogen) atoms. The van der Waals surface area contributed by atoms with Gasteiger partial charge in [0, 0.05) is 0 Å². The number of hydrogen-bond acceptors (Lipinski definition) is 5. The zero-order chi connectivity index (χ0) is 16.3. The summed E-state index contributed by atoms with van der Waals surface area (Å²) in [4.78, 5) is 29.5. The lowest BCUT2D eigenvalue weighted by atomic mass is 10.2. The van der Waals surface area contributed by atoms with Crippen LogP contribution in [0, 0.1) is 0 Å². The highest BCUT2D eigenvalue weighted by atomic mass is 16.8. The molecule has 2 rings (SSSR count). The van der Waals surface area contributed by atoms with E-state index in [9.17, 15) is 9.59 Å². The van der Waals surface area contributed by atoms with Crippen LogP contribution in [0.25, 0.3) is 0 Å². The number of benzene rings is 1. The third kappa shape index (κ3) is 4.08. The van der Waals surface area contributed by atoms with Gasteiger partial charge < -0.3 is 9.57 Å². The molecule has 0 aliphatic carbocycles. The van der Waals surface area contributed by atoms with E-state index in [2.05, 4.69) is 6.58 Å². The topological polar surface area (TPSA) is 59.1 Å². The van der Waals surface area contributed by atoms with E-state index in [-0.39, 0.29) is 13.1 Å². The molecule has 0 N–H and O–H groups in total. The third-order valence-electron chi connectivity index (χ3n) is 2.80. The lowest BCUT2D eigenvalue weighted by Gasteiger charge is -2.28. The Morgan fingerprint density at radius 2 is 1.77 bits per heavy atom. The number of rotatable bonds is 2. The predicted molar refractivity (Wildman–Crippen MR) is 80.6 cm³/mol. The lowest BCUT2D eigenvalue weighted by molar-refractivity contribution is -0.204. The molecule has 1 aromatic carbocycles. The fourth-order valence-corrected chi connectivity index (χ4v) is 1.89. The number of hydrogen-bond donors (Lipinski definition) is 0. The highest BCUT2D eigenvalue weighted by Crippen LogP contribution is 2.20. The standard InChI is InChI=1S/C16H20N2O4/c1-12-10-17(15(20)21-16(2,3)4)18(11-12)22-14(19)13-8-6-5-7-9-13/h5-9H,1,10-11H2,2-4H3. The molecule has 0 saturated carbocycles. The summed E-state index contributed by atoms with van der Waals surface area (Å²) in [6.07, 6.45) is -0.577. The molecule has 0 atom stereocenters. The Morgan fingerprint density at radius 3 is 2.36 bits per heavy atom. The monoisotopic (exact) mass is 304 g/mol. The summed E-state index contributed by atoms with van der Waals surface area (Å²) in [6.45, 7) is 9.68. The molecule has 6 heteroatoms. The average Bonchev–Trinajstić information content (AvgIpc) is 2.79. The van der Waals surface area contributed by atoms with Crippen molar-refractivity contribution < 1.29 is 19.2 Å². The molecule has 0 spiro atoms. The van der Waals surface area contributed by atoms with E-state index in [1.54, 1.807) is 45.0 Å². The summed E-state index contributed by atoms with van der Waals surface area (Å²) in [6, 6.07) is 8.58. The average molecular weight is 304 g/mol. The minimum Gasteiger partial charge on any atom is -0.443 e. The molecule has 118 valence electrons. The number of hydroxylamine groups is 1. The molecule has 1 saturated heterocycles. The molecule has 1 fully saturated rings. The van der Waals surface area contributed by atoms with Crippen LogP contribution in [0.1, 0.15) is 31.1 Å². The van der Waals surface area contributed by atoms with Gasteiger partial charge in [-0.05, 0) is 43.6 Å². The van der Waals surface area contributed by atoms with E-state index in [0.717, 1.165) is 5.57 Å². The van der Waals surface area contributed by atoms with Crippen molar-refractivity contribution in [2.75, 3.05) is 13.1 Å². The van der Waals surface area contributed by atoms with Crippen LogP contribution < -0.4 is 0 Å². The fourth-order valence-electron chi connectivity index (χ4n) is 1.89. The van der Waals surface area contributed by atoms with Crippen LogP contribution in [0.2, 0.25) is 0 Å². The van der Waals surface area contributed by atoms with Crippen LogP contribution in [0.3, 0.4) is 0 Å². The van der Waals surface area contributed by atoms with Crippen molar-refractivity contribution >= 4 is 12.1 Å². The van der Waals surface area contributed by atoms with Crippen molar-refractivity contribution in [2.45, 2.75) is 26.4 Å². The first kappa shape index (κ1) is 16.0. The predicted octanol–water partition coefficient (Wildman–Crippen LogP) is 2.78. The molecular formula is C16H20N2O4. The number of nitrogens with zero attached hydrogens (tertiary/aromatic N) is 2. The van der Waals surface area contributed by atoms with E-state index in [1.807, 2.05) is 6.07 Å². The molecule has 6 nitrogen and oxygen atoms in total. The van der Waals surface area contributed by atoms with Crippen LogP contribution in [0.5, 0.6) is 0 Å². The number of carbonyl (C=O) groups excluding carboxylic acids is 2. The summed E-state index contributed by atoms with van der Waals surface area (Å²) in [5, 5.41) is 2.42. The maximum absolute atomic E-state index is 12.2. The Bertz CT molecular complexity index is 578. The van der Waals surface area contributed by atoms with Gasteiger partial charge in [0.1, 0.15) is 5.60 Å². The zero-order valence-electron chi connectivity index (χ0n) is 13.0. The summed E-state index contributed by atoms with van der Waals surface area (Å²) in [5.41, 5.74) is 0.534. The molecule has 0 bridgehead atoms. The Balaban J connectivity index is 2.06. The maximum atomic E-state index is 12.2. The molecule has 1 amide bonds. The Kier molecular flexibility index (Phi) is 4.51. The van der Waals surface area contributed by atoms with Gasteiger partial charge in [0.05, 0.1) is 18.7 Å². The summed E-state index contributed by atoms with van der Waals surface area (Å²) < 4.78 is 5.30. The summed E-state index contributed by atoms with van der Waals surface area (Å²) in [5.74, 6) is -0.538. The smallest absolute Gasteiger partial charge is 0.427 e. The van der Waals surface area contributed by atoms with Crippen LogP contribution in [0.15, 0.2) is 42.5 Å². The van der Waals surface area contributed by atoms with Crippen molar-refractivity contribution in [3.8, 4) is 0 Å². The van der Waals surface area contributed by atoms with Crippen molar-refractivity contribution in [2.24, 2.45) is 0 Å². The van der Waals surface area contributed by atoms with Gasteiger partial charge in [-0.3, -0.25) is 0 Å². The summed E-state index contributed by atoms with van der Waals surface area (Å²) >= 11 is 0. The van der Waals surface area contributed by atoms with E-state index in [1.165, 1.54) is 10.2 Å². The molecule has 1 aliphatic rings. The molecule has 1 aliphatic heterocycles. The first-order valence-electron chi connectivity index (χ1n) is 6.98. The van der Waals surface area contributed by atoms with Crippen LogP contribution in [-0.2, 0) is 9.57 Å². The minimum absolute atomic E-state index is 0.261. The Hall–Kier alpha value is -2.34. The SMILES string of the molecule is C=C1CN(OC(=O)c2ccccc2)N(C(=O)OC(C)(C)C)C1. The quantitative estimate of drug-likeness (QED) is 0.786. The molecule has 0 radical (unpaired) electrons. The molecule has 0 aromatic heterocycles. The van der Waals surface area contributed by atoms with Crippen LogP contribution in [0.4, 0.5) is 4.79 Å². The van der Waals surface area contributed by atoms with E-state index in [0.29, 0.717) is 5.56 Å². The fraction of sp³-hybridized carbons (Fsp3) is 0.375. The Morgan fingerprint density at radius 1 is 1.14 bits per heavy atom. The van der Waals surface area contributed by atoms with Gasteiger partial charge in [0.2, 0.25) is 0 Å². The number of ether oxygens (including phenoxy) is 1. The van der Waals surface area contributed by atoms with Crippen molar-refractivity contribution in [3.05, 3.63) is 48.0 Å². The number of carbonyl (C=O) groups is 2. The number of amides is 1. The molecule has 0 unspecified atom stereocenters. The van der Waals surface area contributed by atoms with Crippen molar-refractivity contribution in [1.82, 2.24) is 10.2 Å². The maximum Gasteiger partial charge on any atom is 0.427 e. The van der Waals surface area contributed by atoms with Gasteiger partial charge >= 0.3 is 12.1 Å². The van der Waals surface area contributed by atoms with E-state index < -0.39 is 17.7 Å². The van der Waals surface area contributed by atoms with E-state index in [4.69, 9.17) is 9.57 Å². The Labute approximate surface area is 129 Å². The van der Waals surface area contributed by atoms with Gasteiger partial charge in [-0.25, -0.2) is 14.6 Å². The highest BCUT2D eigenvalue weighted by molar-refractivity contribution is 5.89. The molecule has 1 heterocycles. The normalized spacial score (nSPS) is 15.8. The van der Waals surface area contributed by atoms with Gasteiger partial charge in [-0.1, -0.05) is 24.8 Å². The van der Waals surface area contributed by atoms with Crippen molar-refractivity contribution in [1.29, 1.82) is 0 Å². The van der Waals surface area contributed by atoms with Gasteiger partial charge in [0.25, 0.3) is 0 Å². The molecule has 1 aromatic rings. The largest absolute Gasteiger partial charge is 0.443 e.